The Labute approximate surface area is 119 Å². The van der Waals surface area contributed by atoms with Gasteiger partial charge in [0, 0.05) is 25.5 Å². The zero-order chi connectivity index (χ0) is 14.4. The van der Waals surface area contributed by atoms with Crippen molar-refractivity contribution in [3.63, 3.8) is 0 Å². The van der Waals surface area contributed by atoms with Crippen LogP contribution < -0.4 is 5.32 Å². The van der Waals surface area contributed by atoms with Crippen LogP contribution in [0.25, 0.3) is 0 Å². The molecule has 0 aromatic carbocycles. The van der Waals surface area contributed by atoms with Crippen molar-refractivity contribution in [3.8, 4) is 0 Å². The third kappa shape index (κ3) is 4.31. The lowest BCUT2D eigenvalue weighted by Crippen LogP contribution is -2.40. The van der Waals surface area contributed by atoms with Gasteiger partial charge < -0.3 is 15.0 Å². The number of carboxylic acid groups (broad SMARTS) is 1. The number of aryl methyl sites for hydroxylation is 1. The Hall–Kier alpha value is -1.40. The Morgan fingerprint density at radius 2 is 2.45 bits per heavy atom. The SMILES string of the molecule is CCn1ccnc1CN1CCCC(CNCC(=O)O)C1. The maximum Gasteiger partial charge on any atom is 0.317 e. The highest BCUT2D eigenvalue weighted by Crippen LogP contribution is 2.17. The number of carbonyl (C=O) groups is 1. The maximum atomic E-state index is 10.5. The smallest absolute Gasteiger partial charge is 0.317 e. The summed E-state index contributed by atoms with van der Waals surface area (Å²) in [4.78, 5) is 17.3. The van der Waals surface area contributed by atoms with Gasteiger partial charge in [-0.15, -0.1) is 0 Å². The van der Waals surface area contributed by atoms with E-state index in [2.05, 4.69) is 26.7 Å². The second-order valence-electron chi connectivity index (χ2n) is 5.40. The molecule has 0 amide bonds. The quantitative estimate of drug-likeness (QED) is 0.773. The first-order valence-electron chi connectivity index (χ1n) is 7.34. The molecule has 0 radical (unpaired) electrons. The minimum atomic E-state index is -0.789. The van der Waals surface area contributed by atoms with E-state index in [-0.39, 0.29) is 6.54 Å². The average molecular weight is 280 g/mol. The summed E-state index contributed by atoms with van der Waals surface area (Å²) in [6, 6.07) is 0. The monoisotopic (exact) mass is 280 g/mol. The molecule has 1 aliphatic rings. The molecule has 2 N–H and O–H groups in total. The molecule has 1 saturated heterocycles. The predicted molar refractivity (Wildman–Crippen MR) is 76.4 cm³/mol. The van der Waals surface area contributed by atoms with Gasteiger partial charge in [-0.3, -0.25) is 9.69 Å². The number of aromatic nitrogens is 2. The molecule has 112 valence electrons. The van der Waals surface area contributed by atoms with Gasteiger partial charge in [0.05, 0.1) is 13.1 Å². The van der Waals surface area contributed by atoms with Gasteiger partial charge in [-0.1, -0.05) is 0 Å². The van der Waals surface area contributed by atoms with Crippen LogP contribution in [0.15, 0.2) is 12.4 Å². The number of likely N-dealkylation sites (tertiary alicyclic amines) is 1. The molecule has 1 atom stereocenters. The number of nitrogens with zero attached hydrogens (tertiary/aromatic N) is 3. The topological polar surface area (TPSA) is 70.4 Å². The molecule has 20 heavy (non-hydrogen) atoms. The van der Waals surface area contributed by atoms with Gasteiger partial charge >= 0.3 is 5.97 Å². The highest BCUT2D eigenvalue weighted by molar-refractivity contribution is 5.68. The van der Waals surface area contributed by atoms with Gasteiger partial charge in [-0.25, -0.2) is 4.98 Å². The first-order valence-corrected chi connectivity index (χ1v) is 7.34. The molecular weight excluding hydrogens is 256 g/mol. The van der Waals surface area contributed by atoms with E-state index >= 15 is 0 Å². The fourth-order valence-corrected chi connectivity index (χ4v) is 2.82. The van der Waals surface area contributed by atoms with Crippen LogP contribution in [0.4, 0.5) is 0 Å². The van der Waals surface area contributed by atoms with E-state index in [1.165, 1.54) is 12.8 Å². The Bertz CT molecular complexity index is 433. The van der Waals surface area contributed by atoms with E-state index in [4.69, 9.17) is 5.11 Å². The van der Waals surface area contributed by atoms with Crippen molar-refractivity contribution < 1.29 is 9.90 Å². The minimum Gasteiger partial charge on any atom is -0.480 e. The van der Waals surface area contributed by atoms with E-state index < -0.39 is 5.97 Å². The van der Waals surface area contributed by atoms with Crippen molar-refractivity contribution in [3.05, 3.63) is 18.2 Å². The first-order chi connectivity index (χ1) is 9.69. The normalized spacial score (nSPS) is 20.1. The van der Waals surface area contributed by atoms with Crippen molar-refractivity contribution in [1.82, 2.24) is 19.8 Å². The highest BCUT2D eigenvalue weighted by atomic mass is 16.4. The van der Waals surface area contributed by atoms with Crippen LogP contribution in [-0.4, -0.2) is 51.7 Å². The van der Waals surface area contributed by atoms with Crippen LogP contribution in [0, 0.1) is 5.92 Å². The largest absolute Gasteiger partial charge is 0.480 e. The summed E-state index contributed by atoms with van der Waals surface area (Å²) >= 11 is 0. The fourth-order valence-electron chi connectivity index (χ4n) is 2.82. The number of rotatable bonds is 7. The summed E-state index contributed by atoms with van der Waals surface area (Å²) < 4.78 is 2.17. The number of aliphatic carboxylic acids is 1. The molecule has 1 fully saturated rings. The molecule has 1 aromatic rings. The minimum absolute atomic E-state index is 0.0523. The molecule has 1 aromatic heterocycles. The number of imidazole rings is 1. The van der Waals surface area contributed by atoms with Crippen molar-refractivity contribution >= 4 is 5.97 Å². The van der Waals surface area contributed by atoms with Crippen molar-refractivity contribution in [2.45, 2.75) is 32.9 Å². The molecule has 0 bridgehead atoms. The average Bonchev–Trinajstić information content (AvgIpc) is 2.86. The Morgan fingerprint density at radius 3 is 3.20 bits per heavy atom. The zero-order valence-electron chi connectivity index (χ0n) is 12.1. The fraction of sp³-hybridized carbons (Fsp3) is 0.714. The molecular formula is C14H24N4O2. The number of hydrogen-bond donors (Lipinski definition) is 2. The lowest BCUT2D eigenvalue weighted by molar-refractivity contribution is -0.136. The van der Waals surface area contributed by atoms with Crippen LogP contribution in [0.1, 0.15) is 25.6 Å². The Balaban J connectivity index is 1.79. The number of piperidine rings is 1. The second kappa shape index (κ2) is 7.40. The number of carboxylic acids is 1. The highest BCUT2D eigenvalue weighted by Gasteiger charge is 2.20. The summed E-state index contributed by atoms with van der Waals surface area (Å²) in [7, 11) is 0. The standard InChI is InChI=1S/C14H24N4O2/c1-2-18-7-5-16-13(18)11-17-6-3-4-12(10-17)8-15-9-14(19)20/h5,7,12,15H,2-4,6,8-11H2,1H3,(H,19,20). The zero-order valence-corrected chi connectivity index (χ0v) is 12.1. The van der Waals surface area contributed by atoms with Crippen LogP contribution in [-0.2, 0) is 17.9 Å². The summed E-state index contributed by atoms with van der Waals surface area (Å²) in [6.07, 6.45) is 6.22. The summed E-state index contributed by atoms with van der Waals surface area (Å²) in [5.74, 6) is 0.863. The van der Waals surface area contributed by atoms with Crippen LogP contribution in [0.3, 0.4) is 0 Å². The van der Waals surface area contributed by atoms with Crippen molar-refractivity contribution in [2.75, 3.05) is 26.2 Å². The molecule has 2 heterocycles. The first kappa shape index (κ1) is 15.0. The molecule has 2 rings (SSSR count). The summed E-state index contributed by atoms with van der Waals surface area (Å²) in [5.41, 5.74) is 0. The molecule has 0 spiro atoms. The Kier molecular flexibility index (Phi) is 5.55. The third-order valence-electron chi connectivity index (χ3n) is 3.82. The van der Waals surface area contributed by atoms with Crippen LogP contribution in [0.2, 0.25) is 0 Å². The summed E-state index contributed by atoms with van der Waals surface area (Å²) in [5, 5.41) is 11.6. The van der Waals surface area contributed by atoms with Crippen molar-refractivity contribution in [2.24, 2.45) is 5.92 Å². The molecule has 6 heteroatoms. The van der Waals surface area contributed by atoms with E-state index in [9.17, 15) is 4.79 Å². The predicted octanol–water partition coefficient (Wildman–Crippen LogP) is 0.789. The van der Waals surface area contributed by atoms with Gasteiger partial charge in [-0.05, 0) is 38.8 Å². The number of nitrogens with one attached hydrogen (secondary N) is 1. The molecule has 0 aliphatic carbocycles. The number of hydrogen-bond acceptors (Lipinski definition) is 4. The maximum absolute atomic E-state index is 10.5. The second-order valence-corrected chi connectivity index (χ2v) is 5.40. The van der Waals surface area contributed by atoms with E-state index in [1.807, 2.05) is 12.4 Å². The van der Waals surface area contributed by atoms with Gasteiger partial charge in [0.15, 0.2) is 0 Å². The molecule has 6 nitrogen and oxygen atoms in total. The lowest BCUT2D eigenvalue weighted by Gasteiger charge is -2.32. The van der Waals surface area contributed by atoms with Crippen LogP contribution in [0.5, 0.6) is 0 Å². The lowest BCUT2D eigenvalue weighted by atomic mass is 9.98. The van der Waals surface area contributed by atoms with Gasteiger partial charge in [0.1, 0.15) is 5.82 Å². The van der Waals surface area contributed by atoms with Crippen molar-refractivity contribution in [1.29, 1.82) is 0 Å². The Morgan fingerprint density at radius 1 is 1.60 bits per heavy atom. The van der Waals surface area contributed by atoms with Gasteiger partial charge in [0.2, 0.25) is 0 Å². The third-order valence-corrected chi connectivity index (χ3v) is 3.82. The molecule has 1 aliphatic heterocycles. The summed E-state index contributed by atoms with van der Waals surface area (Å²) in [6.45, 7) is 6.92. The molecule has 1 unspecified atom stereocenters. The van der Waals surface area contributed by atoms with Crippen LogP contribution >= 0.6 is 0 Å². The van der Waals surface area contributed by atoms with E-state index in [1.54, 1.807) is 0 Å². The molecule has 0 saturated carbocycles. The van der Waals surface area contributed by atoms with E-state index in [0.717, 1.165) is 38.5 Å². The van der Waals surface area contributed by atoms with Gasteiger partial charge in [0.25, 0.3) is 0 Å². The van der Waals surface area contributed by atoms with Gasteiger partial charge in [-0.2, -0.15) is 0 Å². The van der Waals surface area contributed by atoms with E-state index in [0.29, 0.717) is 5.92 Å².